The third kappa shape index (κ3) is 1.88. The van der Waals surface area contributed by atoms with E-state index in [1.54, 1.807) is 6.08 Å². The fourth-order valence-electron chi connectivity index (χ4n) is 2.86. The van der Waals surface area contributed by atoms with E-state index in [0.717, 1.165) is 6.42 Å². The Kier molecular flexibility index (Phi) is 3.05. The van der Waals surface area contributed by atoms with Crippen molar-refractivity contribution in [2.45, 2.75) is 12.8 Å². The Morgan fingerprint density at radius 1 is 1.29 bits per heavy atom. The van der Waals surface area contributed by atoms with Gasteiger partial charge in [-0.2, -0.15) is 0 Å². The molecule has 4 heteroatoms. The summed E-state index contributed by atoms with van der Waals surface area (Å²) in [6, 6.07) is 0. The number of carbonyl (C=O) groups excluding carboxylic acids is 2. The van der Waals surface area contributed by atoms with Crippen LogP contribution in [0.4, 0.5) is 0 Å². The molecule has 92 valence electrons. The number of methoxy groups -OCH3 is 2. The first-order chi connectivity index (χ1) is 8.12. The van der Waals surface area contributed by atoms with E-state index in [4.69, 9.17) is 4.74 Å². The van der Waals surface area contributed by atoms with Crippen LogP contribution in [-0.4, -0.2) is 26.2 Å². The van der Waals surface area contributed by atoms with Gasteiger partial charge in [-0.3, -0.25) is 4.79 Å². The fourth-order valence-corrected chi connectivity index (χ4v) is 2.86. The molecule has 0 N–H and O–H groups in total. The summed E-state index contributed by atoms with van der Waals surface area (Å²) < 4.78 is 9.43. The van der Waals surface area contributed by atoms with Crippen LogP contribution >= 0.6 is 0 Å². The molecule has 3 atom stereocenters. The number of hydrogen-bond donors (Lipinski definition) is 0. The van der Waals surface area contributed by atoms with Gasteiger partial charge in [-0.25, -0.2) is 4.79 Å². The van der Waals surface area contributed by atoms with Crippen LogP contribution in [0.3, 0.4) is 0 Å². The molecule has 2 aliphatic rings. The average molecular weight is 236 g/mol. The van der Waals surface area contributed by atoms with E-state index in [2.05, 4.69) is 10.8 Å². The Morgan fingerprint density at radius 2 is 2.06 bits per heavy atom. The first kappa shape index (κ1) is 11.9. The highest BCUT2D eigenvalue weighted by atomic mass is 16.5. The summed E-state index contributed by atoms with van der Waals surface area (Å²) in [6.07, 6.45) is 8.84. The Hall–Kier alpha value is -1.58. The van der Waals surface area contributed by atoms with Crippen molar-refractivity contribution in [1.82, 2.24) is 0 Å². The third-order valence-corrected chi connectivity index (χ3v) is 3.72. The Bertz CT molecular complexity index is 396. The number of carbonyl (C=O) groups is 2. The standard InChI is InChI=1S/C13H16O4/c1-16-11(14)5-6-13(12(15)17-2)8-9-3-4-10(13)7-9/h3-6,9-10H,7-8H2,1-2H3/b6-5+. The molecule has 0 aliphatic heterocycles. The third-order valence-electron chi connectivity index (χ3n) is 3.72. The van der Waals surface area contributed by atoms with Crippen LogP contribution in [0.15, 0.2) is 24.3 Å². The first-order valence-electron chi connectivity index (χ1n) is 5.66. The molecule has 1 fully saturated rings. The SMILES string of the molecule is COC(=O)/C=C/C1(C(=O)OC)CC2C=CC1C2. The van der Waals surface area contributed by atoms with Gasteiger partial charge >= 0.3 is 11.9 Å². The quantitative estimate of drug-likeness (QED) is 0.423. The summed E-state index contributed by atoms with van der Waals surface area (Å²) in [5.74, 6) is -0.156. The molecule has 0 heterocycles. The maximum Gasteiger partial charge on any atom is 0.330 e. The number of allylic oxidation sites excluding steroid dienone is 2. The molecule has 2 rings (SSSR count). The second-order valence-corrected chi connectivity index (χ2v) is 4.58. The van der Waals surface area contributed by atoms with Gasteiger partial charge in [0.1, 0.15) is 0 Å². The minimum atomic E-state index is -0.678. The van der Waals surface area contributed by atoms with Crippen molar-refractivity contribution in [3.05, 3.63) is 24.3 Å². The van der Waals surface area contributed by atoms with Gasteiger partial charge in [-0.15, -0.1) is 0 Å². The zero-order chi connectivity index (χ0) is 12.5. The van der Waals surface area contributed by atoms with Crippen molar-refractivity contribution >= 4 is 11.9 Å². The highest BCUT2D eigenvalue weighted by Gasteiger charge is 2.52. The molecule has 0 spiro atoms. The number of fused-ring (bicyclic) bond motifs is 2. The minimum absolute atomic E-state index is 0.140. The average Bonchev–Trinajstić information content (AvgIpc) is 2.95. The van der Waals surface area contributed by atoms with E-state index in [-0.39, 0.29) is 11.9 Å². The van der Waals surface area contributed by atoms with Gasteiger partial charge < -0.3 is 9.47 Å². The lowest BCUT2D eigenvalue weighted by Gasteiger charge is -2.29. The van der Waals surface area contributed by atoms with Crippen molar-refractivity contribution in [2.24, 2.45) is 17.3 Å². The largest absolute Gasteiger partial charge is 0.468 e. The molecule has 3 unspecified atom stereocenters. The summed E-state index contributed by atoms with van der Waals surface area (Å²) in [7, 11) is 2.70. The summed E-state index contributed by atoms with van der Waals surface area (Å²) in [5.41, 5.74) is -0.678. The molecule has 2 bridgehead atoms. The molecule has 0 saturated heterocycles. The predicted molar refractivity (Wildman–Crippen MR) is 61.0 cm³/mol. The summed E-state index contributed by atoms with van der Waals surface area (Å²) >= 11 is 0. The molecule has 4 nitrogen and oxygen atoms in total. The highest BCUT2D eigenvalue weighted by Crippen LogP contribution is 2.53. The van der Waals surface area contributed by atoms with Gasteiger partial charge in [0, 0.05) is 6.08 Å². The lowest BCUT2D eigenvalue weighted by atomic mass is 9.75. The van der Waals surface area contributed by atoms with Crippen LogP contribution in [0.1, 0.15) is 12.8 Å². The van der Waals surface area contributed by atoms with Gasteiger partial charge in [0.15, 0.2) is 0 Å². The number of esters is 2. The Morgan fingerprint density at radius 3 is 2.53 bits per heavy atom. The second kappa shape index (κ2) is 4.35. The smallest absolute Gasteiger partial charge is 0.330 e. The Labute approximate surface area is 100 Å². The fraction of sp³-hybridized carbons (Fsp3) is 0.538. The molecule has 17 heavy (non-hydrogen) atoms. The second-order valence-electron chi connectivity index (χ2n) is 4.58. The van der Waals surface area contributed by atoms with Crippen LogP contribution in [0, 0.1) is 17.3 Å². The maximum atomic E-state index is 12.0. The summed E-state index contributed by atoms with van der Waals surface area (Å²) in [4.78, 5) is 23.1. The van der Waals surface area contributed by atoms with Crippen molar-refractivity contribution < 1.29 is 19.1 Å². The van der Waals surface area contributed by atoms with E-state index in [1.165, 1.54) is 20.3 Å². The number of hydrogen-bond acceptors (Lipinski definition) is 4. The van der Waals surface area contributed by atoms with E-state index >= 15 is 0 Å². The molecule has 0 amide bonds. The normalized spacial score (nSPS) is 34.2. The molecule has 0 aromatic rings. The van der Waals surface area contributed by atoms with Crippen LogP contribution in [0.5, 0.6) is 0 Å². The van der Waals surface area contributed by atoms with Crippen LogP contribution in [0.25, 0.3) is 0 Å². The lowest BCUT2D eigenvalue weighted by molar-refractivity contribution is -0.151. The molecule has 2 aliphatic carbocycles. The number of rotatable bonds is 3. The maximum absolute atomic E-state index is 12.0. The van der Waals surface area contributed by atoms with Crippen molar-refractivity contribution in [3.8, 4) is 0 Å². The van der Waals surface area contributed by atoms with E-state index in [0.29, 0.717) is 12.3 Å². The van der Waals surface area contributed by atoms with Gasteiger partial charge in [-0.05, 0) is 24.7 Å². The molecular weight excluding hydrogens is 220 g/mol. The summed E-state index contributed by atoms with van der Waals surface area (Å²) in [5, 5.41) is 0. The first-order valence-corrected chi connectivity index (χ1v) is 5.66. The van der Waals surface area contributed by atoms with Gasteiger partial charge in [-0.1, -0.05) is 18.2 Å². The topological polar surface area (TPSA) is 52.6 Å². The number of ether oxygens (including phenoxy) is 2. The molecule has 1 saturated carbocycles. The molecule has 0 aromatic carbocycles. The van der Waals surface area contributed by atoms with Crippen molar-refractivity contribution in [2.75, 3.05) is 14.2 Å². The van der Waals surface area contributed by atoms with E-state index in [1.807, 2.05) is 6.08 Å². The zero-order valence-electron chi connectivity index (χ0n) is 10.0. The monoisotopic (exact) mass is 236 g/mol. The zero-order valence-corrected chi connectivity index (χ0v) is 10.0. The predicted octanol–water partition coefficient (Wildman–Crippen LogP) is 1.47. The van der Waals surface area contributed by atoms with E-state index in [9.17, 15) is 9.59 Å². The van der Waals surface area contributed by atoms with Crippen LogP contribution in [0.2, 0.25) is 0 Å². The lowest BCUT2D eigenvalue weighted by Crippen LogP contribution is -2.34. The van der Waals surface area contributed by atoms with Gasteiger partial charge in [0.2, 0.25) is 0 Å². The van der Waals surface area contributed by atoms with E-state index < -0.39 is 11.4 Å². The molecular formula is C13H16O4. The van der Waals surface area contributed by atoms with Gasteiger partial charge in [0.05, 0.1) is 19.6 Å². The molecule has 0 radical (unpaired) electrons. The van der Waals surface area contributed by atoms with Gasteiger partial charge in [0.25, 0.3) is 0 Å². The molecule has 0 aromatic heterocycles. The van der Waals surface area contributed by atoms with Crippen LogP contribution in [-0.2, 0) is 19.1 Å². The minimum Gasteiger partial charge on any atom is -0.468 e. The highest BCUT2D eigenvalue weighted by molar-refractivity contribution is 5.86. The van der Waals surface area contributed by atoms with Crippen molar-refractivity contribution in [3.63, 3.8) is 0 Å². The van der Waals surface area contributed by atoms with Crippen molar-refractivity contribution in [1.29, 1.82) is 0 Å². The van der Waals surface area contributed by atoms with Crippen LogP contribution < -0.4 is 0 Å². The summed E-state index contributed by atoms with van der Waals surface area (Å²) in [6.45, 7) is 0. The Balaban J connectivity index is 2.26.